The number of amides is 1. The van der Waals surface area contributed by atoms with Crippen molar-refractivity contribution >= 4 is 33.4 Å². The molecule has 20 heavy (non-hydrogen) atoms. The maximum Gasteiger partial charge on any atom is 0.255 e. The molecule has 0 bridgehead atoms. The van der Waals surface area contributed by atoms with Gasteiger partial charge in [0.15, 0.2) is 0 Å². The van der Waals surface area contributed by atoms with Crippen LogP contribution in [0.1, 0.15) is 37.0 Å². The highest BCUT2D eigenvalue weighted by Crippen LogP contribution is 2.27. The second kappa shape index (κ2) is 6.92. The molecule has 110 valence electrons. The van der Waals surface area contributed by atoms with Crippen molar-refractivity contribution < 1.29 is 4.79 Å². The average molecular weight is 360 g/mol. The van der Waals surface area contributed by atoms with E-state index in [1.807, 2.05) is 30.9 Å². The molecule has 1 aromatic rings. The summed E-state index contributed by atoms with van der Waals surface area (Å²) in [5.74, 6) is 0.000000000000000444. The highest BCUT2D eigenvalue weighted by atomic mass is 79.9. The third-order valence-electron chi connectivity index (χ3n) is 3.65. The zero-order valence-corrected chi connectivity index (χ0v) is 14.2. The van der Waals surface area contributed by atoms with Gasteiger partial charge in [0, 0.05) is 23.1 Å². The smallest absolute Gasteiger partial charge is 0.255 e. The van der Waals surface area contributed by atoms with Crippen LogP contribution >= 0.6 is 27.5 Å². The normalized spacial score (nSPS) is 18.6. The third kappa shape index (κ3) is 3.54. The molecular formula is C15H20BrClN2O. The highest BCUT2D eigenvalue weighted by molar-refractivity contribution is 9.10. The topological polar surface area (TPSA) is 32.3 Å². The lowest BCUT2D eigenvalue weighted by Crippen LogP contribution is -2.44. The van der Waals surface area contributed by atoms with Crippen LogP contribution in [0.5, 0.6) is 0 Å². The second-order valence-electron chi connectivity index (χ2n) is 5.45. The Morgan fingerprint density at radius 1 is 1.55 bits per heavy atom. The van der Waals surface area contributed by atoms with Gasteiger partial charge in [0.25, 0.3) is 5.91 Å². The number of nitrogens with one attached hydrogen (secondary N) is 1. The molecule has 0 spiro atoms. The molecule has 1 N–H and O–H groups in total. The van der Waals surface area contributed by atoms with Crippen LogP contribution in [-0.4, -0.2) is 36.0 Å². The largest absolute Gasteiger partial charge is 0.335 e. The minimum Gasteiger partial charge on any atom is -0.335 e. The fourth-order valence-corrected chi connectivity index (χ4v) is 3.07. The minimum absolute atomic E-state index is 0.000000000000000444. The molecular weight excluding hydrogens is 340 g/mol. The summed E-state index contributed by atoms with van der Waals surface area (Å²) >= 11 is 9.62. The maximum atomic E-state index is 12.7. The number of carbonyl (C=O) groups excluding carboxylic acids is 1. The van der Waals surface area contributed by atoms with Gasteiger partial charge in [-0.3, -0.25) is 4.79 Å². The van der Waals surface area contributed by atoms with E-state index < -0.39 is 0 Å². The summed E-state index contributed by atoms with van der Waals surface area (Å²) in [4.78, 5) is 14.6. The Morgan fingerprint density at radius 3 is 2.90 bits per heavy atom. The number of nitrogens with zero attached hydrogens (tertiary/aromatic N) is 1. The predicted octanol–water partition coefficient (Wildman–Crippen LogP) is 3.71. The van der Waals surface area contributed by atoms with Crippen molar-refractivity contribution in [1.82, 2.24) is 10.2 Å². The Labute approximate surface area is 133 Å². The summed E-state index contributed by atoms with van der Waals surface area (Å²) in [6, 6.07) is 6.02. The molecule has 1 aliphatic rings. The van der Waals surface area contributed by atoms with Crippen molar-refractivity contribution in [2.75, 3.05) is 13.1 Å². The second-order valence-corrected chi connectivity index (χ2v) is 6.68. The van der Waals surface area contributed by atoms with E-state index in [1.165, 1.54) is 6.42 Å². The van der Waals surface area contributed by atoms with Crippen LogP contribution in [0.15, 0.2) is 22.7 Å². The maximum absolute atomic E-state index is 12.7. The SMILES string of the molecule is CC(C)N(CC1CCCN1)C(=O)c1cccc(Br)c1Cl. The van der Waals surface area contributed by atoms with E-state index in [1.54, 1.807) is 6.07 Å². The fraction of sp³-hybridized carbons (Fsp3) is 0.533. The molecule has 1 saturated heterocycles. The van der Waals surface area contributed by atoms with Crippen LogP contribution in [0.25, 0.3) is 0 Å². The molecule has 1 fully saturated rings. The summed E-state index contributed by atoms with van der Waals surface area (Å²) < 4.78 is 0.757. The number of benzene rings is 1. The van der Waals surface area contributed by atoms with E-state index in [0.717, 1.165) is 24.0 Å². The fourth-order valence-electron chi connectivity index (χ4n) is 2.50. The van der Waals surface area contributed by atoms with Gasteiger partial charge in [-0.05, 0) is 61.3 Å². The molecule has 1 aliphatic heterocycles. The Bertz CT molecular complexity index is 487. The Hall–Kier alpha value is -0.580. The van der Waals surface area contributed by atoms with Gasteiger partial charge in [-0.2, -0.15) is 0 Å². The van der Waals surface area contributed by atoms with E-state index in [9.17, 15) is 4.79 Å². The van der Waals surface area contributed by atoms with E-state index in [2.05, 4.69) is 21.2 Å². The molecule has 0 saturated carbocycles. The summed E-state index contributed by atoms with van der Waals surface area (Å²) in [7, 11) is 0. The van der Waals surface area contributed by atoms with Gasteiger partial charge < -0.3 is 10.2 Å². The summed E-state index contributed by atoms with van der Waals surface area (Å²) in [5, 5.41) is 3.93. The van der Waals surface area contributed by atoms with Gasteiger partial charge in [-0.1, -0.05) is 17.7 Å². The summed E-state index contributed by atoms with van der Waals surface area (Å²) in [6.07, 6.45) is 2.31. The van der Waals surface area contributed by atoms with Crippen molar-refractivity contribution in [3.05, 3.63) is 33.3 Å². The van der Waals surface area contributed by atoms with Crippen LogP contribution in [-0.2, 0) is 0 Å². The molecule has 1 atom stereocenters. The van der Waals surface area contributed by atoms with Crippen molar-refractivity contribution in [2.45, 2.75) is 38.8 Å². The Balaban J connectivity index is 2.19. The zero-order valence-electron chi connectivity index (χ0n) is 11.8. The van der Waals surface area contributed by atoms with Gasteiger partial charge in [0.1, 0.15) is 0 Å². The minimum atomic E-state index is 0.000000000000000444. The van der Waals surface area contributed by atoms with Crippen LogP contribution < -0.4 is 5.32 Å². The average Bonchev–Trinajstić information content (AvgIpc) is 2.91. The van der Waals surface area contributed by atoms with Crippen molar-refractivity contribution in [3.8, 4) is 0 Å². The Kier molecular flexibility index (Phi) is 5.47. The standard InChI is InChI=1S/C15H20BrClN2O/c1-10(2)19(9-11-5-4-8-18-11)15(20)12-6-3-7-13(16)14(12)17/h3,6-7,10-11,18H,4-5,8-9H2,1-2H3. The monoisotopic (exact) mass is 358 g/mol. The first-order chi connectivity index (χ1) is 9.50. The number of halogens is 2. The van der Waals surface area contributed by atoms with Gasteiger partial charge in [0.2, 0.25) is 0 Å². The van der Waals surface area contributed by atoms with E-state index in [4.69, 9.17) is 11.6 Å². The van der Waals surface area contributed by atoms with Crippen LogP contribution in [0.2, 0.25) is 5.02 Å². The van der Waals surface area contributed by atoms with Crippen LogP contribution in [0.4, 0.5) is 0 Å². The molecule has 1 aromatic carbocycles. The summed E-state index contributed by atoms with van der Waals surface area (Å²) in [6.45, 7) is 5.86. The molecule has 2 rings (SSSR count). The molecule has 5 heteroatoms. The molecule has 3 nitrogen and oxygen atoms in total. The first-order valence-corrected chi connectivity index (χ1v) is 8.16. The zero-order chi connectivity index (χ0) is 14.7. The van der Waals surface area contributed by atoms with Crippen LogP contribution in [0, 0.1) is 0 Å². The number of hydrogen-bond acceptors (Lipinski definition) is 2. The van der Waals surface area contributed by atoms with Gasteiger partial charge in [-0.15, -0.1) is 0 Å². The Morgan fingerprint density at radius 2 is 2.30 bits per heavy atom. The quantitative estimate of drug-likeness (QED) is 0.889. The lowest BCUT2D eigenvalue weighted by atomic mass is 10.1. The molecule has 0 aliphatic carbocycles. The van der Waals surface area contributed by atoms with Gasteiger partial charge in [0.05, 0.1) is 10.6 Å². The van der Waals surface area contributed by atoms with Gasteiger partial charge >= 0.3 is 0 Å². The lowest BCUT2D eigenvalue weighted by molar-refractivity contribution is 0.0689. The lowest BCUT2D eigenvalue weighted by Gasteiger charge is -2.30. The molecule has 0 radical (unpaired) electrons. The van der Waals surface area contributed by atoms with Crippen molar-refractivity contribution in [3.63, 3.8) is 0 Å². The van der Waals surface area contributed by atoms with E-state index >= 15 is 0 Å². The molecule has 1 heterocycles. The number of rotatable bonds is 4. The number of carbonyl (C=O) groups is 1. The first-order valence-electron chi connectivity index (χ1n) is 6.99. The van der Waals surface area contributed by atoms with Crippen molar-refractivity contribution in [2.24, 2.45) is 0 Å². The van der Waals surface area contributed by atoms with Crippen molar-refractivity contribution in [1.29, 1.82) is 0 Å². The number of hydrogen-bond donors (Lipinski definition) is 1. The van der Waals surface area contributed by atoms with Crippen LogP contribution in [0.3, 0.4) is 0 Å². The molecule has 1 amide bonds. The van der Waals surface area contributed by atoms with E-state index in [-0.39, 0.29) is 11.9 Å². The summed E-state index contributed by atoms with van der Waals surface area (Å²) in [5.41, 5.74) is 0.563. The predicted molar refractivity (Wildman–Crippen MR) is 86.3 cm³/mol. The molecule has 1 unspecified atom stereocenters. The first kappa shape index (κ1) is 15.8. The third-order valence-corrected chi connectivity index (χ3v) is 4.94. The van der Waals surface area contributed by atoms with E-state index in [0.29, 0.717) is 16.6 Å². The molecule has 0 aromatic heterocycles. The highest BCUT2D eigenvalue weighted by Gasteiger charge is 2.26. The van der Waals surface area contributed by atoms with Gasteiger partial charge in [-0.25, -0.2) is 0 Å².